The molecule has 5 heavy (non-hydrogen) atoms. The van der Waals surface area contributed by atoms with Crippen LogP contribution in [0.2, 0.25) is 0 Å². The van der Waals surface area contributed by atoms with Crippen molar-refractivity contribution in [1.82, 2.24) is 0 Å². The van der Waals surface area contributed by atoms with Crippen molar-refractivity contribution in [2.24, 2.45) is 0 Å². The van der Waals surface area contributed by atoms with E-state index in [4.69, 9.17) is 10.8 Å². The monoisotopic (exact) mass is 97.0 g/mol. The summed E-state index contributed by atoms with van der Waals surface area (Å²) < 4.78 is 0. The van der Waals surface area contributed by atoms with Gasteiger partial charge in [0.2, 0.25) is 0 Å². The second-order valence-corrected chi connectivity index (χ2v) is 0.687. The van der Waals surface area contributed by atoms with Crippen LogP contribution in [-0.2, 0) is 17.4 Å². The van der Waals surface area contributed by atoms with Gasteiger partial charge in [0.25, 0.3) is 0 Å². The molecule has 0 spiro atoms. The molecular formula is H2B2BeOTi. The van der Waals surface area contributed by atoms with E-state index < -0.39 is 17.4 Å². The first kappa shape index (κ1) is 16.7. The van der Waals surface area contributed by atoms with Gasteiger partial charge in [0.15, 0.2) is 0 Å². The second kappa shape index (κ2) is 20.2. The maximum atomic E-state index is 4.75. The molecule has 0 aromatic rings. The Balaban J connectivity index is -0.0000000200. The minimum Gasteiger partial charge on any atom is -0.870 e. The first-order valence-electron chi connectivity index (χ1n) is 0.577. The van der Waals surface area contributed by atoms with Crippen LogP contribution in [0.25, 0.3) is 0 Å². The van der Waals surface area contributed by atoms with Gasteiger partial charge in [-0.3, -0.25) is 0 Å². The molecule has 0 amide bonds. The van der Waals surface area contributed by atoms with Crippen molar-refractivity contribution in [3.8, 4) is 0 Å². The van der Waals surface area contributed by atoms with Gasteiger partial charge in [-0.15, -0.1) is 0 Å². The zero-order chi connectivity index (χ0) is 2.71. The van der Waals surface area contributed by atoms with E-state index in [-0.39, 0.29) is 15.6 Å². The molecule has 20 valence electrons. The van der Waals surface area contributed by atoms with E-state index in [1.165, 1.54) is 0 Å². The van der Waals surface area contributed by atoms with Gasteiger partial charge in [-0.2, -0.15) is 0 Å². The molecule has 0 rings (SSSR count). The topological polar surface area (TPSA) is 30.0 Å². The zero-order valence-electron chi connectivity index (χ0n) is 3.10. The van der Waals surface area contributed by atoms with Crippen LogP contribution in [0.1, 0.15) is 0 Å². The Morgan fingerprint density at radius 3 is 1.20 bits per heavy atom. The number of hydrogen-bond acceptors (Lipinski definition) is 1. The molecule has 0 aliphatic heterocycles. The van der Waals surface area contributed by atoms with Gasteiger partial charge in [-0.25, -0.2) is 0 Å². The standard InChI is InChI=1S/2B.Be.H2O.Ti.H/h;;;1H2;;/q;;+1;;;/p-1. The SMILES string of the molecule is [B]#[Ti]#[B].[BeH+].[OH-]. The summed E-state index contributed by atoms with van der Waals surface area (Å²) in [6.45, 7) is 0. The third-order valence-corrected chi connectivity index (χ3v) is 0. The molecule has 0 aromatic carbocycles. The fourth-order valence-electron chi connectivity index (χ4n) is 0. The largest absolute Gasteiger partial charge is 0.870 e. The van der Waals surface area contributed by atoms with E-state index in [1.807, 2.05) is 0 Å². The molecule has 0 aliphatic rings. The predicted octanol–water partition coefficient (Wildman–Crippen LogP) is -1.59. The molecular weight excluding hydrogens is 94.5 g/mol. The minimum absolute atomic E-state index is 0. The average Bonchev–Trinajstić information content (AvgIpc) is 0.918. The predicted molar refractivity (Wildman–Crippen MR) is 20.6 cm³/mol. The Labute approximate surface area is 44.0 Å². The molecule has 0 saturated carbocycles. The molecule has 0 saturated heterocycles. The number of hydrogen-bond donors (Lipinski definition) is 0. The summed E-state index contributed by atoms with van der Waals surface area (Å²) in [6.07, 6.45) is 0. The summed E-state index contributed by atoms with van der Waals surface area (Å²) in [5.41, 5.74) is 0. The van der Waals surface area contributed by atoms with Crippen LogP contribution in [0.3, 0.4) is 0 Å². The molecule has 0 radical (unpaired) electrons. The minimum atomic E-state index is -0.500. The molecule has 0 atom stereocenters. The van der Waals surface area contributed by atoms with Gasteiger partial charge >= 0.3 is 38.2 Å². The Bertz CT molecular complexity index is 82.8. The molecule has 5 heteroatoms. The maximum Gasteiger partial charge on any atom is -0.870 e. The summed E-state index contributed by atoms with van der Waals surface area (Å²) in [5, 5.41) is 9.50. The second-order valence-electron chi connectivity index (χ2n) is 0.167. The van der Waals surface area contributed by atoms with Crippen LogP contribution in [0.15, 0.2) is 0 Å². The molecule has 0 aromatic heterocycles. The van der Waals surface area contributed by atoms with E-state index in [1.54, 1.807) is 0 Å². The molecule has 0 aliphatic carbocycles. The summed E-state index contributed by atoms with van der Waals surface area (Å²) in [5.74, 6) is 0. The van der Waals surface area contributed by atoms with Crippen molar-refractivity contribution in [1.29, 1.82) is 0 Å². The van der Waals surface area contributed by atoms with Gasteiger partial charge < -0.3 is 5.48 Å². The van der Waals surface area contributed by atoms with Crippen LogP contribution in [0, 0.1) is 0 Å². The van der Waals surface area contributed by atoms with Gasteiger partial charge in [0.05, 0.1) is 0 Å². The average molecular weight is 96.5 g/mol. The normalized spacial score (nSPS) is 4.80. The third-order valence-electron chi connectivity index (χ3n) is 0. The van der Waals surface area contributed by atoms with Crippen molar-refractivity contribution in [2.75, 3.05) is 0 Å². The van der Waals surface area contributed by atoms with Gasteiger partial charge in [-0.05, 0) is 0 Å². The van der Waals surface area contributed by atoms with Crippen molar-refractivity contribution in [3.63, 3.8) is 0 Å². The summed E-state index contributed by atoms with van der Waals surface area (Å²) in [4.78, 5) is 0. The maximum absolute atomic E-state index is 4.75. The molecule has 0 fully saturated rings. The first-order chi connectivity index (χ1) is 1.41. The molecule has 0 heterocycles. The van der Waals surface area contributed by atoms with E-state index in [0.29, 0.717) is 0 Å². The van der Waals surface area contributed by atoms with E-state index in [9.17, 15) is 0 Å². The molecule has 1 N–H and O–H groups in total. The summed E-state index contributed by atoms with van der Waals surface area (Å²) in [6, 6.07) is 0. The Morgan fingerprint density at radius 1 is 1.20 bits per heavy atom. The van der Waals surface area contributed by atoms with E-state index in [0.717, 1.165) is 0 Å². The molecule has 0 unspecified atom stereocenters. The van der Waals surface area contributed by atoms with Crippen molar-refractivity contribution in [2.45, 2.75) is 0 Å². The van der Waals surface area contributed by atoms with Gasteiger partial charge in [0, 0.05) is 0 Å². The quantitative estimate of drug-likeness (QED) is 0.335. The summed E-state index contributed by atoms with van der Waals surface area (Å²) in [7, 11) is 0. The van der Waals surface area contributed by atoms with E-state index >= 15 is 0 Å². The zero-order valence-corrected chi connectivity index (χ0v) is 4.66. The Hall–Kier alpha value is 0.973. The Morgan fingerprint density at radius 2 is 1.20 bits per heavy atom. The molecule has 0 bridgehead atoms. The van der Waals surface area contributed by atoms with E-state index in [2.05, 4.69) is 0 Å². The van der Waals surface area contributed by atoms with Crippen LogP contribution in [-0.4, -0.2) is 26.4 Å². The van der Waals surface area contributed by atoms with Crippen molar-refractivity contribution < 1.29 is 22.8 Å². The van der Waals surface area contributed by atoms with Gasteiger partial charge in [0.1, 0.15) is 0 Å². The molecule has 1 nitrogen and oxygen atoms in total. The summed E-state index contributed by atoms with van der Waals surface area (Å²) >= 11 is -0.500. The van der Waals surface area contributed by atoms with Crippen molar-refractivity contribution >= 4 is 20.9 Å². The fourth-order valence-corrected chi connectivity index (χ4v) is 0. The van der Waals surface area contributed by atoms with Crippen molar-refractivity contribution in [3.05, 3.63) is 0 Å². The fraction of sp³-hybridized carbons (Fsp3) is 0. The Kier molecular flexibility index (Phi) is 67.4. The third kappa shape index (κ3) is 46.4. The first-order valence-corrected chi connectivity index (χ1v) is 2.38. The van der Waals surface area contributed by atoms with Crippen LogP contribution >= 0.6 is 0 Å². The van der Waals surface area contributed by atoms with Crippen LogP contribution < -0.4 is 0 Å². The smallest absolute Gasteiger partial charge is 0.870 e. The van der Waals surface area contributed by atoms with Crippen LogP contribution in [0.4, 0.5) is 0 Å². The van der Waals surface area contributed by atoms with Gasteiger partial charge in [-0.1, -0.05) is 0 Å². The van der Waals surface area contributed by atoms with Crippen LogP contribution in [0.5, 0.6) is 0 Å². The number of rotatable bonds is 0.